The molecule has 1 aliphatic heterocycles. The second-order valence-corrected chi connectivity index (χ2v) is 8.30. The van der Waals surface area contributed by atoms with Gasteiger partial charge in [0.25, 0.3) is 0 Å². The van der Waals surface area contributed by atoms with Crippen molar-refractivity contribution in [2.75, 3.05) is 13.1 Å². The van der Waals surface area contributed by atoms with E-state index in [2.05, 4.69) is 17.4 Å². The fourth-order valence-corrected chi connectivity index (χ4v) is 4.65. The molecule has 2 aromatic rings. The van der Waals surface area contributed by atoms with Crippen molar-refractivity contribution in [3.8, 4) is 5.75 Å². The van der Waals surface area contributed by atoms with E-state index in [0.29, 0.717) is 22.8 Å². The summed E-state index contributed by atoms with van der Waals surface area (Å²) in [6.45, 7) is 2.17. The van der Waals surface area contributed by atoms with E-state index in [4.69, 9.17) is 4.74 Å². The van der Waals surface area contributed by atoms with E-state index < -0.39 is 11.7 Å². The van der Waals surface area contributed by atoms with Gasteiger partial charge in [0.05, 0.1) is 5.56 Å². The Balaban J connectivity index is 1.45. The molecule has 2 aliphatic rings. The van der Waals surface area contributed by atoms with E-state index in [9.17, 15) is 13.2 Å². The Morgan fingerprint density at radius 3 is 2.31 bits per heavy atom. The van der Waals surface area contributed by atoms with Gasteiger partial charge in [-0.2, -0.15) is 13.2 Å². The Bertz CT molecular complexity index is 804. The van der Waals surface area contributed by atoms with Gasteiger partial charge >= 0.3 is 6.18 Å². The highest BCUT2D eigenvalue weighted by atomic mass is 19.4. The van der Waals surface area contributed by atoms with Gasteiger partial charge in [0.2, 0.25) is 0 Å². The van der Waals surface area contributed by atoms with Crippen molar-refractivity contribution in [2.24, 2.45) is 0 Å². The van der Waals surface area contributed by atoms with Gasteiger partial charge in [0, 0.05) is 6.54 Å². The summed E-state index contributed by atoms with van der Waals surface area (Å²) in [7, 11) is 0. The molecule has 1 atom stereocenters. The lowest BCUT2D eigenvalue weighted by atomic mass is 9.81. The van der Waals surface area contributed by atoms with Crippen molar-refractivity contribution in [3.05, 3.63) is 64.7 Å². The summed E-state index contributed by atoms with van der Waals surface area (Å²) in [5.74, 6) is 1.24. The quantitative estimate of drug-likeness (QED) is 0.623. The summed E-state index contributed by atoms with van der Waals surface area (Å²) in [6, 6.07) is 12.7. The van der Waals surface area contributed by atoms with Gasteiger partial charge in [-0.25, -0.2) is 0 Å². The van der Waals surface area contributed by atoms with Crippen molar-refractivity contribution in [3.63, 3.8) is 0 Å². The molecule has 0 spiro atoms. The molecule has 1 heterocycles. The average molecular weight is 403 g/mol. The summed E-state index contributed by atoms with van der Waals surface area (Å²) >= 11 is 0. The second-order valence-electron chi connectivity index (χ2n) is 8.30. The Labute approximate surface area is 170 Å². The lowest BCUT2D eigenvalue weighted by Crippen LogP contribution is -2.15. The van der Waals surface area contributed by atoms with Crippen molar-refractivity contribution in [1.29, 1.82) is 0 Å². The molecule has 156 valence electrons. The van der Waals surface area contributed by atoms with Crippen LogP contribution in [0.2, 0.25) is 0 Å². The Morgan fingerprint density at radius 1 is 0.897 bits per heavy atom. The maximum absolute atomic E-state index is 13.7. The zero-order chi connectivity index (χ0) is 20.3. The van der Waals surface area contributed by atoms with Crippen molar-refractivity contribution in [2.45, 2.75) is 63.1 Å². The highest BCUT2D eigenvalue weighted by molar-refractivity contribution is 5.37. The second kappa shape index (κ2) is 8.78. The molecule has 1 N–H and O–H groups in total. The fraction of sp³-hybridized carbons (Fsp3) is 0.500. The van der Waals surface area contributed by atoms with Gasteiger partial charge in [-0.15, -0.1) is 0 Å². The number of nitrogens with one attached hydrogen (secondary N) is 1. The molecule has 29 heavy (non-hydrogen) atoms. The van der Waals surface area contributed by atoms with Crippen molar-refractivity contribution in [1.82, 2.24) is 5.32 Å². The first-order chi connectivity index (χ1) is 14.0. The lowest BCUT2D eigenvalue weighted by Gasteiger charge is -2.25. The fourth-order valence-electron chi connectivity index (χ4n) is 4.65. The maximum Gasteiger partial charge on any atom is 0.416 e. The first-order valence-corrected chi connectivity index (χ1v) is 10.6. The minimum atomic E-state index is -4.33. The molecular weight excluding hydrogens is 375 g/mol. The van der Waals surface area contributed by atoms with E-state index in [-0.39, 0.29) is 12.5 Å². The molecule has 0 aromatic heterocycles. The molecule has 5 heteroatoms. The number of hydrogen-bond acceptors (Lipinski definition) is 2. The first-order valence-electron chi connectivity index (χ1n) is 10.6. The van der Waals surface area contributed by atoms with Crippen LogP contribution in [0.15, 0.2) is 42.5 Å². The monoisotopic (exact) mass is 403 g/mol. The molecule has 2 aromatic carbocycles. The molecule has 2 fully saturated rings. The van der Waals surface area contributed by atoms with Crippen LogP contribution in [0, 0.1) is 0 Å². The highest BCUT2D eigenvalue weighted by Crippen LogP contribution is 2.41. The van der Waals surface area contributed by atoms with Crippen LogP contribution in [0.4, 0.5) is 13.2 Å². The first kappa shape index (κ1) is 20.3. The van der Waals surface area contributed by atoms with Gasteiger partial charge in [-0.1, -0.05) is 43.5 Å². The molecule has 4 rings (SSSR count). The summed E-state index contributed by atoms with van der Waals surface area (Å²) < 4.78 is 46.9. The van der Waals surface area contributed by atoms with Crippen LogP contribution in [0.1, 0.15) is 72.6 Å². The molecule has 2 nitrogen and oxygen atoms in total. The van der Waals surface area contributed by atoms with Crippen LogP contribution < -0.4 is 10.1 Å². The van der Waals surface area contributed by atoms with Gasteiger partial charge in [-0.3, -0.25) is 0 Å². The van der Waals surface area contributed by atoms with Crippen LogP contribution in [-0.2, 0) is 12.8 Å². The van der Waals surface area contributed by atoms with Crippen LogP contribution in [0.25, 0.3) is 0 Å². The van der Waals surface area contributed by atoms with E-state index in [1.165, 1.54) is 11.6 Å². The average Bonchev–Trinajstić information content (AvgIpc) is 3.27. The van der Waals surface area contributed by atoms with Gasteiger partial charge in [-0.05, 0) is 72.5 Å². The zero-order valence-electron chi connectivity index (χ0n) is 16.6. The van der Waals surface area contributed by atoms with Crippen LogP contribution in [0.5, 0.6) is 5.75 Å². The number of rotatable bonds is 5. The van der Waals surface area contributed by atoms with E-state index in [0.717, 1.165) is 51.6 Å². The van der Waals surface area contributed by atoms with Crippen molar-refractivity contribution >= 4 is 0 Å². The van der Waals surface area contributed by atoms with Crippen LogP contribution >= 0.6 is 0 Å². The summed E-state index contributed by atoms with van der Waals surface area (Å²) in [6.07, 6.45) is 1.65. The van der Waals surface area contributed by atoms with Crippen molar-refractivity contribution < 1.29 is 17.9 Å². The topological polar surface area (TPSA) is 21.3 Å². The van der Waals surface area contributed by atoms with Crippen LogP contribution in [-0.4, -0.2) is 13.1 Å². The molecule has 0 amide bonds. The standard InChI is InChI=1S/C24H28F3NO/c25-24(26,27)23-14-17(6-11-22(23)19-4-2-1-3-5-19)16-29-21-9-7-18(8-10-21)20-12-13-28-15-20/h6-11,14,19-20,28H,1-5,12-13,15-16H2. The molecular formula is C24H28F3NO. The molecule has 1 saturated heterocycles. The molecule has 1 saturated carbocycles. The van der Waals surface area contributed by atoms with E-state index in [1.54, 1.807) is 12.1 Å². The molecule has 1 unspecified atom stereocenters. The normalized spacial score (nSPS) is 20.7. The predicted molar refractivity (Wildman–Crippen MR) is 108 cm³/mol. The summed E-state index contributed by atoms with van der Waals surface area (Å²) in [5.41, 5.74) is 1.80. The third-order valence-electron chi connectivity index (χ3n) is 6.29. The maximum atomic E-state index is 13.7. The third-order valence-corrected chi connectivity index (χ3v) is 6.29. The molecule has 0 bridgehead atoms. The van der Waals surface area contributed by atoms with Crippen LogP contribution in [0.3, 0.4) is 0 Å². The minimum Gasteiger partial charge on any atom is -0.489 e. The van der Waals surface area contributed by atoms with E-state index in [1.807, 2.05) is 12.1 Å². The minimum absolute atomic E-state index is 0.0213. The predicted octanol–water partition coefficient (Wildman–Crippen LogP) is 6.41. The Kier molecular flexibility index (Phi) is 6.14. The number of hydrogen-bond donors (Lipinski definition) is 1. The summed E-state index contributed by atoms with van der Waals surface area (Å²) in [4.78, 5) is 0. The van der Waals surface area contributed by atoms with Gasteiger partial charge in [0.1, 0.15) is 12.4 Å². The Hall–Kier alpha value is -2.01. The number of halogens is 3. The molecule has 1 aliphatic carbocycles. The zero-order valence-corrected chi connectivity index (χ0v) is 16.6. The van der Waals surface area contributed by atoms with Gasteiger partial charge < -0.3 is 10.1 Å². The number of benzene rings is 2. The van der Waals surface area contributed by atoms with E-state index >= 15 is 0 Å². The smallest absolute Gasteiger partial charge is 0.416 e. The van der Waals surface area contributed by atoms with Gasteiger partial charge in [0.15, 0.2) is 0 Å². The number of alkyl halides is 3. The highest BCUT2D eigenvalue weighted by Gasteiger charge is 2.35. The largest absolute Gasteiger partial charge is 0.489 e. The molecule has 0 radical (unpaired) electrons. The number of ether oxygens (including phenoxy) is 1. The lowest BCUT2D eigenvalue weighted by molar-refractivity contribution is -0.138. The summed E-state index contributed by atoms with van der Waals surface area (Å²) in [5, 5.41) is 3.35. The third kappa shape index (κ3) is 4.95. The SMILES string of the molecule is FC(F)(F)c1cc(COc2ccc(C3CCNC3)cc2)ccc1C1CCCCC1. The Morgan fingerprint density at radius 2 is 1.66 bits per heavy atom.